The van der Waals surface area contributed by atoms with E-state index in [2.05, 4.69) is 0 Å². The lowest BCUT2D eigenvalue weighted by atomic mass is 9.81. The van der Waals surface area contributed by atoms with Gasteiger partial charge in [0.2, 0.25) is 0 Å². The number of carbonyl (C=O) groups is 3. The van der Waals surface area contributed by atoms with Crippen molar-refractivity contribution in [3.63, 3.8) is 0 Å². The molecule has 0 radical (unpaired) electrons. The van der Waals surface area contributed by atoms with Crippen LogP contribution < -0.4 is 0 Å². The Bertz CT molecular complexity index is 804. The number of benzene rings is 2. The molecule has 104 valence electrons. The quantitative estimate of drug-likeness (QED) is 0.752. The fraction of sp³-hybridized carbons (Fsp3) is 0.0625. The van der Waals surface area contributed by atoms with Gasteiger partial charge < -0.3 is 10.2 Å². The van der Waals surface area contributed by atoms with Crippen LogP contribution >= 0.6 is 0 Å². The van der Waals surface area contributed by atoms with E-state index in [0.717, 1.165) is 5.56 Å². The largest absolute Gasteiger partial charge is 0.478 e. The van der Waals surface area contributed by atoms with Crippen molar-refractivity contribution in [2.75, 3.05) is 0 Å². The average molecular weight is 282 g/mol. The molecule has 2 N–H and O–H groups in total. The van der Waals surface area contributed by atoms with Gasteiger partial charge >= 0.3 is 11.9 Å². The fourth-order valence-corrected chi connectivity index (χ4v) is 2.69. The van der Waals surface area contributed by atoms with Gasteiger partial charge in [-0.15, -0.1) is 0 Å². The van der Waals surface area contributed by atoms with E-state index >= 15 is 0 Å². The summed E-state index contributed by atoms with van der Waals surface area (Å²) in [5.41, 5.74) is 0.972. The Labute approximate surface area is 119 Å². The lowest BCUT2D eigenvalue weighted by molar-refractivity contribution is 0.0649. The molecule has 5 heteroatoms. The van der Waals surface area contributed by atoms with Gasteiger partial charge in [-0.3, -0.25) is 4.79 Å². The molecule has 0 aromatic heterocycles. The van der Waals surface area contributed by atoms with Crippen molar-refractivity contribution in [2.45, 2.75) is 6.42 Å². The number of carbonyl (C=O) groups excluding carboxylic acids is 1. The summed E-state index contributed by atoms with van der Waals surface area (Å²) in [4.78, 5) is 35.2. The third-order valence-electron chi connectivity index (χ3n) is 3.61. The highest BCUT2D eigenvalue weighted by Crippen LogP contribution is 2.31. The van der Waals surface area contributed by atoms with Crippen molar-refractivity contribution in [3.05, 3.63) is 69.8 Å². The van der Waals surface area contributed by atoms with Crippen molar-refractivity contribution in [3.8, 4) is 0 Å². The normalized spacial score (nSPS) is 12.5. The molecule has 1 aliphatic rings. The number of ketones is 1. The standard InChI is InChI=1S/C16H10O5/c17-14-10-4-2-1-3-8(10)7-9-5-6-11(15(18)19)13(12(9)14)16(20)21/h1-6H,7H2,(H,18,19)(H,20,21). The minimum atomic E-state index is -1.41. The number of fused-ring (bicyclic) bond motifs is 2. The second-order valence-electron chi connectivity index (χ2n) is 4.80. The minimum Gasteiger partial charge on any atom is -0.478 e. The molecule has 0 atom stereocenters. The monoisotopic (exact) mass is 282 g/mol. The Hall–Kier alpha value is -2.95. The molecule has 0 heterocycles. The molecule has 0 spiro atoms. The zero-order chi connectivity index (χ0) is 15.1. The third kappa shape index (κ3) is 1.90. The van der Waals surface area contributed by atoms with Gasteiger partial charge in [0.25, 0.3) is 0 Å². The van der Waals surface area contributed by atoms with E-state index in [4.69, 9.17) is 5.11 Å². The van der Waals surface area contributed by atoms with Crippen LogP contribution in [0.3, 0.4) is 0 Å². The molecule has 5 nitrogen and oxygen atoms in total. The van der Waals surface area contributed by atoms with E-state index in [1.807, 2.05) is 6.07 Å². The first kappa shape index (κ1) is 13.1. The number of hydrogen-bond donors (Lipinski definition) is 2. The number of rotatable bonds is 2. The Morgan fingerprint density at radius 1 is 0.905 bits per heavy atom. The molecular weight excluding hydrogens is 272 g/mol. The van der Waals surface area contributed by atoms with Gasteiger partial charge in [-0.1, -0.05) is 30.3 Å². The van der Waals surface area contributed by atoms with Crippen LogP contribution in [0.15, 0.2) is 36.4 Å². The van der Waals surface area contributed by atoms with Gasteiger partial charge in [-0.2, -0.15) is 0 Å². The maximum atomic E-state index is 12.6. The Morgan fingerprint density at radius 2 is 1.62 bits per heavy atom. The van der Waals surface area contributed by atoms with Gasteiger partial charge in [0.1, 0.15) is 0 Å². The maximum Gasteiger partial charge on any atom is 0.337 e. The molecule has 21 heavy (non-hydrogen) atoms. The average Bonchev–Trinajstić information content (AvgIpc) is 2.46. The molecule has 2 aromatic rings. The molecule has 0 saturated carbocycles. The van der Waals surface area contributed by atoms with Crippen molar-refractivity contribution in [1.82, 2.24) is 0 Å². The SMILES string of the molecule is O=C(O)c1ccc2c(c1C(=O)O)C(=O)c1ccccc1C2. The van der Waals surface area contributed by atoms with Crippen LogP contribution in [0.5, 0.6) is 0 Å². The summed E-state index contributed by atoms with van der Waals surface area (Å²) >= 11 is 0. The van der Waals surface area contributed by atoms with Crippen molar-refractivity contribution in [1.29, 1.82) is 0 Å². The van der Waals surface area contributed by atoms with Crippen LogP contribution in [-0.4, -0.2) is 27.9 Å². The predicted molar refractivity (Wildman–Crippen MR) is 73.0 cm³/mol. The molecule has 1 aliphatic carbocycles. The van der Waals surface area contributed by atoms with E-state index in [-0.39, 0.29) is 11.1 Å². The second kappa shape index (κ2) is 4.56. The first-order valence-electron chi connectivity index (χ1n) is 6.25. The first-order chi connectivity index (χ1) is 10.0. The van der Waals surface area contributed by atoms with E-state index < -0.39 is 23.3 Å². The molecule has 2 aromatic carbocycles. The maximum absolute atomic E-state index is 12.6. The van der Waals surface area contributed by atoms with Gasteiger partial charge in [-0.05, 0) is 23.6 Å². The summed E-state index contributed by atoms with van der Waals surface area (Å²) in [6.07, 6.45) is 0.414. The fourth-order valence-electron chi connectivity index (χ4n) is 2.69. The highest BCUT2D eigenvalue weighted by molar-refractivity contribution is 6.19. The Kier molecular flexibility index (Phi) is 2.83. The summed E-state index contributed by atoms with van der Waals surface area (Å²) in [5.74, 6) is -3.20. The highest BCUT2D eigenvalue weighted by Gasteiger charge is 2.31. The van der Waals surface area contributed by atoms with Gasteiger partial charge in [0, 0.05) is 11.1 Å². The molecule has 0 unspecified atom stereocenters. The number of carboxylic acid groups (broad SMARTS) is 2. The predicted octanol–water partition coefficient (Wildman–Crippen LogP) is 2.22. The molecular formula is C16H10O5. The zero-order valence-electron chi connectivity index (χ0n) is 10.8. The summed E-state index contributed by atoms with van der Waals surface area (Å²) in [6, 6.07) is 9.69. The van der Waals surface area contributed by atoms with Crippen LogP contribution in [0, 0.1) is 0 Å². The van der Waals surface area contributed by atoms with Crippen LogP contribution in [-0.2, 0) is 6.42 Å². The molecule has 0 aliphatic heterocycles. The molecule has 3 rings (SSSR count). The summed E-state index contributed by atoms with van der Waals surface area (Å²) < 4.78 is 0. The summed E-state index contributed by atoms with van der Waals surface area (Å²) in [6.45, 7) is 0. The summed E-state index contributed by atoms with van der Waals surface area (Å²) in [5, 5.41) is 18.4. The summed E-state index contributed by atoms with van der Waals surface area (Å²) in [7, 11) is 0. The van der Waals surface area contributed by atoms with E-state index in [9.17, 15) is 19.5 Å². The highest BCUT2D eigenvalue weighted by atomic mass is 16.4. The van der Waals surface area contributed by atoms with Crippen LogP contribution in [0.4, 0.5) is 0 Å². The van der Waals surface area contributed by atoms with E-state index in [1.165, 1.54) is 12.1 Å². The van der Waals surface area contributed by atoms with E-state index in [0.29, 0.717) is 17.5 Å². The molecule has 0 bridgehead atoms. The van der Waals surface area contributed by atoms with Crippen LogP contribution in [0.2, 0.25) is 0 Å². The van der Waals surface area contributed by atoms with Crippen molar-refractivity contribution < 1.29 is 24.6 Å². The first-order valence-corrected chi connectivity index (χ1v) is 6.25. The molecule has 0 fully saturated rings. The number of hydrogen-bond acceptors (Lipinski definition) is 3. The van der Waals surface area contributed by atoms with Gasteiger partial charge in [-0.25, -0.2) is 9.59 Å². The van der Waals surface area contributed by atoms with Crippen molar-refractivity contribution in [2.24, 2.45) is 0 Å². The molecule has 0 amide bonds. The topological polar surface area (TPSA) is 91.7 Å². The van der Waals surface area contributed by atoms with E-state index in [1.54, 1.807) is 18.2 Å². The van der Waals surface area contributed by atoms with Crippen LogP contribution in [0.1, 0.15) is 47.8 Å². The Balaban J connectivity index is 2.32. The zero-order valence-corrected chi connectivity index (χ0v) is 10.8. The molecule has 0 saturated heterocycles. The number of carboxylic acids is 2. The Morgan fingerprint density at radius 3 is 2.29 bits per heavy atom. The second-order valence-corrected chi connectivity index (χ2v) is 4.80. The van der Waals surface area contributed by atoms with Gasteiger partial charge in [0.05, 0.1) is 11.1 Å². The van der Waals surface area contributed by atoms with Gasteiger partial charge in [0.15, 0.2) is 5.78 Å². The lowest BCUT2D eigenvalue weighted by Crippen LogP contribution is -2.22. The minimum absolute atomic E-state index is 0.0129. The lowest BCUT2D eigenvalue weighted by Gasteiger charge is -2.20. The third-order valence-corrected chi connectivity index (χ3v) is 3.61. The number of aromatic carboxylic acids is 2. The van der Waals surface area contributed by atoms with Crippen LogP contribution in [0.25, 0.3) is 0 Å². The van der Waals surface area contributed by atoms with Crippen molar-refractivity contribution >= 4 is 17.7 Å². The smallest absolute Gasteiger partial charge is 0.337 e.